The van der Waals surface area contributed by atoms with E-state index in [2.05, 4.69) is 4.98 Å². The van der Waals surface area contributed by atoms with E-state index in [0.29, 0.717) is 10.6 Å². The summed E-state index contributed by atoms with van der Waals surface area (Å²) < 4.78 is 5.15. The third-order valence-corrected chi connectivity index (χ3v) is 3.51. The maximum Gasteiger partial charge on any atom is 0.367 e. The average Bonchev–Trinajstić information content (AvgIpc) is 3.14. The number of fused-ring (bicyclic) bond motifs is 2. The number of hydroxylamine groups is 2. The van der Waals surface area contributed by atoms with Gasteiger partial charge in [0.25, 0.3) is 11.8 Å². The fourth-order valence-corrected chi connectivity index (χ4v) is 2.43. The lowest BCUT2D eigenvalue weighted by Gasteiger charge is -2.12. The van der Waals surface area contributed by atoms with Crippen LogP contribution in [0.3, 0.4) is 0 Å². The summed E-state index contributed by atoms with van der Waals surface area (Å²) in [6.45, 7) is 0. The van der Waals surface area contributed by atoms with Crippen LogP contribution in [0.1, 0.15) is 31.1 Å². The van der Waals surface area contributed by atoms with Crippen molar-refractivity contribution in [2.45, 2.75) is 0 Å². The van der Waals surface area contributed by atoms with Crippen LogP contribution in [0.4, 0.5) is 0 Å². The molecule has 1 aliphatic rings. The summed E-state index contributed by atoms with van der Waals surface area (Å²) in [6, 6.07) is 11.0. The van der Waals surface area contributed by atoms with Crippen LogP contribution in [0.2, 0.25) is 0 Å². The van der Waals surface area contributed by atoms with Gasteiger partial charge in [-0.15, -0.1) is 0 Å². The van der Waals surface area contributed by atoms with Crippen LogP contribution in [0, 0.1) is 0 Å². The molecule has 7 heteroatoms. The monoisotopic (exact) mass is 308 g/mol. The van der Waals surface area contributed by atoms with E-state index >= 15 is 0 Å². The number of amides is 2. The third kappa shape index (κ3) is 1.90. The smallest absolute Gasteiger partial charge is 0.367 e. The van der Waals surface area contributed by atoms with Gasteiger partial charge in [-0.05, 0) is 24.3 Å². The van der Waals surface area contributed by atoms with E-state index in [0.717, 1.165) is 0 Å². The largest absolute Gasteiger partial charge is 0.443 e. The average molecular weight is 308 g/mol. The van der Waals surface area contributed by atoms with Gasteiger partial charge in [0.2, 0.25) is 0 Å². The molecule has 0 unspecified atom stereocenters. The van der Waals surface area contributed by atoms with E-state index in [1.54, 1.807) is 24.3 Å². The number of benzene rings is 2. The molecule has 0 bridgehead atoms. The van der Waals surface area contributed by atoms with Gasteiger partial charge in [-0.3, -0.25) is 9.59 Å². The van der Waals surface area contributed by atoms with Crippen molar-refractivity contribution in [3.8, 4) is 0 Å². The highest BCUT2D eigenvalue weighted by atomic mass is 16.7. The molecule has 7 nitrogen and oxygen atoms in total. The molecular formula is C16H8N2O5. The maximum absolute atomic E-state index is 12.3. The molecule has 2 heterocycles. The number of imide groups is 1. The van der Waals surface area contributed by atoms with Crippen molar-refractivity contribution in [3.05, 3.63) is 65.5 Å². The molecule has 1 aliphatic heterocycles. The van der Waals surface area contributed by atoms with Crippen LogP contribution in [0.15, 0.2) is 53.3 Å². The topological polar surface area (TPSA) is 89.7 Å². The van der Waals surface area contributed by atoms with E-state index in [1.165, 1.54) is 24.6 Å². The van der Waals surface area contributed by atoms with Crippen LogP contribution in [0.5, 0.6) is 0 Å². The first-order chi connectivity index (χ1) is 11.2. The summed E-state index contributed by atoms with van der Waals surface area (Å²) in [5, 5.41) is 0.461. The number of carbonyl (C=O) groups excluding carboxylic acids is 3. The van der Waals surface area contributed by atoms with Gasteiger partial charge in [0.05, 0.1) is 11.1 Å². The van der Waals surface area contributed by atoms with Gasteiger partial charge >= 0.3 is 5.97 Å². The Hall–Kier alpha value is -3.48. The fraction of sp³-hybridized carbons (Fsp3) is 0. The quantitative estimate of drug-likeness (QED) is 0.674. The van der Waals surface area contributed by atoms with Crippen molar-refractivity contribution < 1.29 is 23.6 Å². The lowest BCUT2D eigenvalue weighted by molar-refractivity contribution is -0.0583. The minimum atomic E-state index is -0.873. The summed E-state index contributed by atoms with van der Waals surface area (Å²) in [5.74, 6) is -2.23. The summed E-state index contributed by atoms with van der Waals surface area (Å²) >= 11 is 0. The molecular weight excluding hydrogens is 300 g/mol. The minimum Gasteiger partial charge on any atom is -0.443 e. The zero-order valence-corrected chi connectivity index (χ0v) is 11.6. The van der Waals surface area contributed by atoms with Crippen LogP contribution in [0.25, 0.3) is 11.1 Å². The van der Waals surface area contributed by atoms with Crippen molar-refractivity contribution >= 4 is 28.9 Å². The molecule has 112 valence electrons. The number of hydrogen-bond donors (Lipinski definition) is 0. The van der Waals surface area contributed by atoms with Gasteiger partial charge in [-0.2, -0.15) is 0 Å². The molecule has 0 atom stereocenters. The van der Waals surface area contributed by atoms with E-state index in [4.69, 9.17) is 9.25 Å². The molecule has 2 amide bonds. The summed E-state index contributed by atoms with van der Waals surface area (Å²) in [5.41, 5.74) is 1.18. The van der Waals surface area contributed by atoms with Crippen molar-refractivity contribution in [1.82, 2.24) is 10.0 Å². The number of hydrogen-bond acceptors (Lipinski definition) is 6. The molecule has 0 N–H and O–H groups in total. The molecule has 3 aromatic rings. The van der Waals surface area contributed by atoms with Gasteiger partial charge in [0.15, 0.2) is 12.0 Å². The van der Waals surface area contributed by atoms with Crippen molar-refractivity contribution in [2.24, 2.45) is 0 Å². The molecule has 4 rings (SSSR count). The van der Waals surface area contributed by atoms with E-state index in [-0.39, 0.29) is 22.3 Å². The van der Waals surface area contributed by atoms with Gasteiger partial charge in [-0.25, -0.2) is 9.78 Å². The van der Waals surface area contributed by atoms with E-state index < -0.39 is 17.8 Å². The Bertz CT molecular complexity index is 940. The number of aromatic nitrogens is 1. The van der Waals surface area contributed by atoms with E-state index in [1.807, 2.05) is 0 Å². The number of rotatable bonds is 2. The molecule has 1 aromatic heterocycles. The third-order valence-electron chi connectivity index (χ3n) is 3.51. The van der Waals surface area contributed by atoms with Crippen molar-refractivity contribution in [3.63, 3.8) is 0 Å². The number of carbonyl (C=O) groups is 3. The predicted octanol–water partition coefficient (Wildman–Crippen LogP) is 2.20. The lowest BCUT2D eigenvalue weighted by Crippen LogP contribution is -2.32. The standard InChI is InChI=1S/C16H8N2O5/c19-14-9-4-1-2-5-10(9)15(20)18(14)23-16(21)11-6-3-7-12-13(11)22-8-17-12/h1-8H. The second-order valence-corrected chi connectivity index (χ2v) is 4.84. The second kappa shape index (κ2) is 4.77. The van der Waals surface area contributed by atoms with Gasteiger partial charge < -0.3 is 9.25 Å². The Morgan fingerprint density at radius 1 is 1.00 bits per heavy atom. The molecule has 0 fully saturated rings. The van der Waals surface area contributed by atoms with Crippen LogP contribution < -0.4 is 0 Å². The molecule has 0 radical (unpaired) electrons. The SMILES string of the molecule is O=C(ON1C(=O)c2ccccc2C1=O)c1cccc2ncoc12. The first-order valence-electron chi connectivity index (χ1n) is 6.69. The van der Waals surface area contributed by atoms with Crippen LogP contribution in [-0.2, 0) is 4.84 Å². The first-order valence-corrected chi connectivity index (χ1v) is 6.69. The van der Waals surface area contributed by atoms with Gasteiger partial charge in [-0.1, -0.05) is 23.3 Å². The zero-order chi connectivity index (χ0) is 16.0. The Morgan fingerprint density at radius 2 is 1.70 bits per heavy atom. The first kappa shape index (κ1) is 13.2. The molecule has 0 saturated heterocycles. The van der Waals surface area contributed by atoms with E-state index in [9.17, 15) is 14.4 Å². The molecule has 0 saturated carbocycles. The molecule has 23 heavy (non-hydrogen) atoms. The second-order valence-electron chi connectivity index (χ2n) is 4.84. The molecule has 0 spiro atoms. The number of oxazole rings is 1. The summed E-state index contributed by atoms with van der Waals surface area (Å²) in [4.78, 5) is 45.6. The number of para-hydroxylation sites is 1. The Kier molecular flexibility index (Phi) is 2.74. The summed E-state index contributed by atoms with van der Waals surface area (Å²) in [6.07, 6.45) is 1.20. The predicted molar refractivity (Wildman–Crippen MR) is 76.4 cm³/mol. The normalized spacial score (nSPS) is 13.5. The minimum absolute atomic E-state index is 0.0801. The highest BCUT2D eigenvalue weighted by molar-refractivity contribution is 6.21. The Labute approximate surface area is 129 Å². The van der Waals surface area contributed by atoms with Crippen LogP contribution in [-0.4, -0.2) is 27.8 Å². The lowest BCUT2D eigenvalue weighted by atomic mass is 10.1. The molecule has 0 aliphatic carbocycles. The number of nitrogens with zero attached hydrogens (tertiary/aromatic N) is 2. The van der Waals surface area contributed by atoms with Crippen molar-refractivity contribution in [2.75, 3.05) is 0 Å². The van der Waals surface area contributed by atoms with Crippen molar-refractivity contribution in [1.29, 1.82) is 0 Å². The Balaban J connectivity index is 1.67. The highest BCUT2D eigenvalue weighted by Crippen LogP contribution is 2.24. The van der Waals surface area contributed by atoms with Crippen LogP contribution >= 0.6 is 0 Å². The highest BCUT2D eigenvalue weighted by Gasteiger charge is 2.39. The zero-order valence-electron chi connectivity index (χ0n) is 11.6. The molecule has 2 aromatic carbocycles. The summed E-state index contributed by atoms with van der Waals surface area (Å²) in [7, 11) is 0. The van der Waals surface area contributed by atoms with Gasteiger partial charge in [0, 0.05) is 0 Å². The fourth-order valence-electron chi connectivity index (χ4n) is 2.43. The Morgan fingerprint density at radius 3 is 2.39 bits per heavy atom. The van der Waals surface area contributed by atoms with Gasteiger partial charge in [0.1, 0.15) is 11.1 Å². The maximum atomic E-state index is 12.3.